The maximum absolute atomic E-state index is 12.5. The zero-order chi connectivity index (χ0) is 15.6. The van der Waals surface area contributed by atoms with Crippen LogP contribution < -0.4 is 11.1 Å². The van der Waals surface area contributed by atoms with Gasteiger partial charge in [-0.2, -0.15) is 13.2 Å². The second-order valence-electron chi connectivity index (χ2n) is 5.76. The van der Waals surface area contributed by atoms with Crippen LogP contribution in [0.4, 0.5) is 13.2 Å². The molecule has 0 fully saturated rings. The Morgan fingerprint density at radius 2 is 1.90 bits per heavy atom. The molecule has 0 aromatic heterocycles. The quantitative estimate of drug-likeness (QED) is 0.898. The van der Waals surface area contributed by atoms with E-state index < -0.39 is 23.2 Å². The van der Waals surface area contributed by atoms with Gasteiger partial charge in [0.1, 0.15) is 0 Å². The van der Waals surface area contributed by atoms with Crippen molar-refractivity contribution in [3.8, 4) is 0 Å². The molecule has 0 heterocycles. The van der Waals surface area contributed by atoms with Crippen molar-refractivity contribution in [2.75, 3.05) is 0 Å². The minimum absolute atomic E-state index is 0.0204. The van der Waals surface area contributed by atoms with Crippen LogP contribution in [0.25, 0.3) is 0 Å². The van der Waals surface area contributed by atoms with Gasteiger partial charge in [-0.05, 0) is 23.1 Å². The van der Waals surface area contributed by atoms with Gasteiger partial charge < -0.3 is 11.1 Å². The van der Waals surface area contributed by atoms with Gasteiger partial charge in [0.15, 0.2) is 0 Å². The molecule has 6 heteroatoms. The van der Waals surface area contributed by atoms with Gasteiger partial charge in [0.25, 0.3) is 0 Å². The van der Waals surface area contributed by atoms with Gasteiger partial charge in [0.05, 0.1) is 11.6 Å². The van der Waals surface area contributed by atoms with Crippen LogP contribution in [0.3, 0.4) is 0 Å². The summed E-state index contributed by atoms with van der Waals surface area (Å²) < 4.78 is 37.6. The standard InChI is InChI=1S/C14H19F3N2O/c1-13(2,3)11(18)12(20)19-8-9-5-4-6-10(7-9)14(15,16)17/h4-7,11H,8,18H2,1-3H3,(H,19,20)/t11-/m1/s1. The van der Waals surface area contributed by atoms with Crippen LogP contribution in [0.5, 0.6) is 0 Å². The Balaban J connectivity index is 2.70. The van der Waals surface area contributed by atoms with Gasteiger partial charge in [-0.25, -0.2) is 0 Å². The summed E-state index contributed by atoms with van der Waals surface area (Å²) in [4.78, 5) is 11.8. The second kappa shape index (κ2) is 5.83. The minimum atomic E-state index is -4.39. The number of carbonyl (C=O) groups is 1. The average molecular weight is 288 g/mol. The zero-order valence-corrected chi connectivity index (χ0v) is 11.7. The maximum Gasteiger partial charge on any atom is 0.416 e. The lowest BCUT2D eigenvalue weighted by Crippen LogP contribution is -2.48. The van der Waals surface area contributed by atoms with E-state index in [2.05, 4.69) is 5.32 Å². The van der Waals surface area contributed by atoms with Crippen molar-refractivity contribution in [3.05, 3.63) is 35.4 Å². The van der Waals surface area contributed by atoms with Gasteiger partial charge in [0.2, 0.25) is 5.91 Å². The predicted molar refractivity (Wildman–Crippen MR) is 70.7 cm³/mol. The number of halogens is 3. The van der Waals surface area contributed by atoms with E-state index in [9.17, 15) is 18.0 Å². The number of nitrogens with one attached hydrogen (secondary N) is 1. The van der Waals surface area contributed by atoms with E-state index in [4.69, 9.17) is 5.73 Å². The molecular weight excluding hydrogens is 269 g/mol. The van der Waals surface area contributed by atoms with E-state index >= 15 is 0 Å². The van der Waals surface area contributed by atoms with Crippen LogP contribution in [0, 0.1) is 5.41 Å². The summed E-state index contributed by atoms with van der Waals surface area (Å²) in [5, 5.41) is 2.55. The Labute approximate surface area is 116 Å². The molecule has 1 aromatic carbocycles. The lowest BCUT2D eigenvalue weighted by molar-refractivity contribution is -0.137. The van der Waals surface area contributed by atoms with Crippen molar-refractivity contribution in [3.63, 3.8) is 0 Å². The van der Waals surface area contributed by atoms with Crippen molar-refractivity contribution in [2.45, 2.75) is 39.5 Å². The van der Waals surface area contributed by atoms with Gasteiger partial charge in [-0.3, -0.25) is 4.79 Å². The van der Waals surface area contributed by atoms with E-state index in [0.29, 0.717) is 5.56 Å². The normalized spacial score (nSPS) is 13.9. The highest BCUT2D eigenvalue weighted by atomic mass is 19.4. The molecule has 112 valence electrons. The summed E-state index contributed by atoms with van der Waals surface area (Å²) in [6, 6.07) is 4.13. The Morgan fingerprint density at radius 1 is 1.30 bits per heavy atom. The van der Waals surface area contributed by atoms with Gasteiger partial charge in [0, 0.05) is 6.54 Å². The Hall–Kier alpha value is -1.56. The summed E-state index contributed by atoms with van der Waals surface area (Å²) in [5.74, 6) is -0.380. The largest absolute Gasteiger partial charge is 0.416 e. The SMILES string of the molecule is CC(C)(C)[C@H](N)C(=O)NCc1cccc(C(F)(F)F)c1. The Kier molecular flexibility index (Phi) is 4.81. The molecule has 1 amide bonds. The number of carbonyl (C=O) groups excluding carboxylic acids is 1. The number of hydrogen-bond donors (Lipinski definition) is 2. The molecule has 3 nitrogen and oxygen atoms in total. The van der Waals surface area contributed by atoms with Crippen LogP contribution >= 0.6 is 0 Å². The van der Waals surface area contributed by atoms with Crippen LogP contribution in [-0.2, 0) is 17.5 Å². The maximum atomic E-state index is 12.5. The highest BCUT2D eigenvalue weighted by molar-refractivity contribution is 5.82. The summed E-state index contributed by atoms with van der Waals surface area (Å²) in [6.07, 6.45) is -4.39. The predicted octanol–water partition coefficient (Wildman–Crippen LogP) is 2.70. The van der Waals surface area contributed by atoms with Crippen molar-refractivity contribution < 1.29 is 18.0 Å². The number of alkyl halides is 3. The van der Waals surface area contributed by atoms with Gasteiger partial charge in [-0.15, -0.1) is 0 Å². The molecule has 0 aliphatic carbocycles. The molecule has 0 spiro atoms. The summed E-state index contributed by atoms with van der Waals surface area (Å²) in [6.45, 7) is 5.48. The molecule has 0 bridgehead atoms. The number of rotatable bonds is 3. The van der Waals surface area contributed by atoms with E-state index in [1.807, 2.05) is 20.8 Å². The van der Waals surface area contributed by atoms with Crippen molar-refractivity contribution >= 4 is 5.91 Å². The van der Waals surface area contributed by atoms with Gasteiger partial charge >= 0.3 is 6.18 Å². The molecular formula is C14H19F3N2O. The molecule has 0 aliphatic heterocycles. The molecule has 1 rings (SSSR count). The minimum Gasteiger partial charge on any atom is -0.351 e. The van der Waals surface area contributed by atoms with E-state index in [0.717, 1.165) is 12.1 Å². The number of amides is 1. The number of nitrogens with two attached hydrogens (primary N) is 1. The topological polar surface area (TPSA) is 55.1 Å². The van der Waals surface area contributed by atoms with Gasteiger partial charge in [-0.1, -0.05) is 32.9 Å². The van der Waals surface area contributed by atoms with E-state index in [-0.39, 0.29) is 12.5 Å². The smallest absolute Gasteiger partial charge is 0.351 e. The average Bonchev–Trinajstić information content (AvgIpc) is 2.33. The van der Waals surface area contributed by atoms with Crippen molar-refractivity contribution in [1.29, 1.82) is 0 Å². The van der Waals surface area contributed by atoms with Crippen LogP contribution in [0.2, 0.25) is 0 Å². The summed E-state index contributed by atoms with van der Waals surface area (Å²) in [5.41, 5.74) is 5.01. The Bertz CT molecular complexity index is 478. The lowest BCUT2D eigenvalue weighted by atomic mass is 9.87. The molecule has 1 aromatic rings. The molecule has 0 unspecified atom stereocenters. The number of hydrogen-bond acceptors (Lipinski definition) is 2. The molecule has 0 aliphatic rings. The first-order valence-corrected chi connectivity index (χ1v) is 6.21. The zero-order valence-electron chi connectivity index (χ0n) is 11.7. The fourth-order valence-corrected chi connectivity index (χ4v) is 1.55. The van der Waals surface area contributed by atoms with Crippen LogP contribution in [-0.4, -0.2) is 11.9 Å². The first kappa shape index (κ1) is 16.5. The van der Waals surface area contributed by atoms with Crippen molar-refractivity contribution in [1.82, 2.24) is 5.32 Å². The molecule has 1 atom stereocenters. The molecule has 0 saturated heterocycles. The highest BCUT2D eigenvalue weighted by Crippen LogP contribution is 2.29. The van der Waals surface area contributed by atoms with Crippen LogP contribution in [0.1, 0.15) is 31.9 Å². The molecule has 0 saturated carbocycles. The van der Waals surface area contributed by atoms with E-state index in [1.165, 1.54) is 12.1 Å². The third kappa shape index (κ3) is 4.52. The van der Waals surface area contributed by atoms with Crippen LogP contribution in [0.15, 0.2) is 24.3 Å². The summed E-state index contributed by atoms with van der Waals surface area (Å²) >= 11 is 0. The third-order valence-corrected chi connectivity index (χ3v) is 2.94. The molecule has 3 N–H and O–H groups in total. The molecule has 20 heavy (non-hydrogen) atoms. The highest BCUT2D eigenvalue weighted by Gasteiger charge is 2.30. The second-order valence-corrected chi connectivity index (χ2v) is 5.76. The first-order chi connectivity index (χ1) is 9.01. The Morgan fingerprint density at radius 3 is 2.40 bits per heavy atom. The third-order valence-electron chi connectivity index (χ3n) is 2.94. The summed E-state index contributed by atoms with van der Waals surface area (Å²) in [7, 11) is 0. The van der Waals surface area contributed by atoms with Crippen molar-refractivity contribution in [2.24, 2.45) is 11.1 Å². The first-order valence-electron chi connectivity index (χ1n) is 6.21. The number of benzene rings is 1. The fraction of sp³-hybridized carbons (Fsp3) is 0.500. The van der Waals surface area contributed by atoms with E-state index in [1.54, 1.807) is 0 Å². The monoisotopic (exact) mass is 288 g/mol. The molecule has 0 radical (unpaired) electrons. The fourth-order valence-electron chi connectivity index (χ4n) is 1.55. The lowest BCUT2D eigenvalue weighted by Gasteiger charge is -2.25.